The number of likely N-dealkylation sites (N-methyl/N-ethyl adjacent to an activating group) is 1. The van der Waals surface area contributed by atoms with Crippen molar-refractivity contribution in [3.05, 3.63) is 15.8 Å². The summed E-state index contributed by atoms with van der Waals surface area (Å²) in [6.45, 7) is 12.1. The lowest BCUT2D eigenvalue weighted by Crippen LogP contribution is -2.54. The van der Waals surface area contributed by atoms with E-state index < -0.39 is 12.0 Å². The van der Waals surface area contributed by atoms with Crippen molar-refractivity contribution < 1.29 is 19.1 Å². The first kappa shape index (κ1) is 27.9. The lowest BCUT2D eigenvalue weighted by atomic mass is 9.81. The van der Waals surface area contributed by atoms with E-state index in [9.17, 15) is 14.4 Å². The number of rotatable bonds is 6. The van der Waals surface area contributed by atoms with Gasteiger partial charge in [-0.1, -0.05) is 32.6 Å². The van der Waals surface area contributed by atoms with Crippen LogP contribution in [0.25, 0.3) is 0 Å². The van der Waals surface area contributed by atoms with Crippen molar-refractivity contribution in [2.45, 2.75) is 73.3 Å². The Bertz CT molecular complexity index is 953. The quantitative estimate of drug-likeness (QED) is 0.408. The van der Waals surface area contributed by atoms with Gasteiger partial charge in [0.2, 0.25) is 11.8 Å². The van der Waals surface area contributed by atoms with Crippen LogP contribution in [0.3, 0.4) is 0 Å². The fourth-order valence-electron chi connectivity index (χ4n) is 4.18. The normalized spacial score (nSPS) is 19.1. The molecule has 0 bridgehead atoms. The van der Waals surface area contributed by atoms with Gasteiger partial charge in [0.1, 0.15) is 10.9 Å². The zero-order valence-corrected chi connectivity index (χ0v) is 23.0. The molecule has 0 aromatic carbocycles. The van der Waals surface area contributed by atoms with E-state index in [2.05, 4.69) is 18.8 Å². The third kappa shape index (κ3) is 6.85. The van der Waals surface area contributed by atoms with E-state index in [-0.39, 0.29) is 29.1 Å². The van der Waals surface area contributed by atoms with E-state index in [1.807, 2.05) is 34.6 Å². The van der Waals surface area contributed by atoms with Crippen LogP contribution in [0, 0.1) is 35.0 Å². The van der Waals surface area contributed by atoms with Crippen molar-refractivity contribution in [3.63, 3.8) is 0 Å². The summed E-state index contributed by atoms with van der Waals surface area (Å²) < 4.78 is 5.06. The molecule has 1 fully saturated rings. The second kappa shape index (κ2) is 11.4. The summed E-state index contributed by atoms with van der Waals surface area (Å²) >= 11 is 1.21. The molecule has 1 atom stereocenters. The Kier molecular flexibility index (Phi) is 9.36. The van der Waals surface area contributed by atoms with Crippen molar-refractivity contribution in [2.75, 3.05) is 26.1 Å². The summed E-state index contributed by atoms with van der Waals surface area (Å²) in [6, 6.07) is 1.04. The molecule has 6 nitrogen and oxygen atoms in total. The maximum absolute atomic E-state index is 14.0. The van der Waals surface area contributed by atoms with Gasteiger partial charge in [0.25, 0.3) is 0 Å². The van der Waals surface area contributed by atoms with Crippen molar-refractivity contribution in [3.8, 4) is 11.8 Å². The van der Waals surface area contributed by atoms with Gasteiger partial charge in [-0.3, -0.25) is 14.5 Å². The summed E-state index contributed by atoms with van der Waals surface area (Å²) in [5.74, 6) is 5.80. The van der Waals surface area contributed by atoms with Crippen LogP contribution in [0.2, 0.25) is 0 Å². The number of hydrogen-bond acceptors (Lipinski definition) is 5. The molecule has 7 heteroatoms. The van der Waals surface area contributed by atoms with Gasteiger partial charge < -0.3 is 9.64 Å². The van der Waals surface area contributed by atoms with Gasteiger partial charge >= 0.3 is 5.97 Å². The summed E-state index contributed by atoms with van der Waals surface area (Å²) in [4.78, 5) is 44.2. The maximum Gasteiger partial charge on any atom is 0.350 e. The second-order valence-electron chi connectivity index (χ2n) is 10.9. The third-order valence-electron chi connectivity index (χ3n) is 6.11. The first-order valence-corrected chi connectivity index (χ1v) is 12.9. The predicted molar refractivity (Wildman–Crippen MR) is 138 cm³/mol. The van der Waals surface area contributed by atoms with Gasteiger partial charge in [0.15, 0.2) is 0 Å². The minimum Gasteiger partial charge on any atom is -0.465 e. The number of methoxy groups -OCH3 is 1. The number of carbonyl (C=O) groups is 3. The molecule has 1 aliphatic carbocycles. The van der Waals surface area contributed by atoms with Crippen LogP contribution in [0.1, 0.15) is 81.8 Å². The number of carbonyl (C=O) groups excluding carboxylic acids is 3. The van der Waals surface area contributed by atoms with Crippen molar-refractivity contribution in [2.24, 2.45) is 23.2 Å². The fraction of sp³-hybridized carbons (Fsp3) is 0.667. The first-order chi connectivity index (χ1) is 15.8. The molecule has 0 saturated heterocycles. The molecule has 0 aliphatic heterocycles. The number of esters is 1. The number of amides is 2. The molecule has 0 unspecified atom stereocenters. The molecule has 1 aromatic heterocycles. The zero-order valence-electron chi connectivity index (χ0n) is 22.2. The van der Waals surface area contributed by atoms with E-state index in [4.69, 9.17) is 4.74 Å². The molecule has 1 saturated carbocycles. The van der Waals surface area contributed by atoms with E-state index in [0.717, 1.165) is 25.7 Å². The van der Waals surface area contributed by atoms with Gasteiger partial charge in [0, 0.05) is 25.4 Å². The van der Waals surface area contributed by atoms with Crippen molar-refractivity contribution in [1.82, 2.24) is 4.90 Å². The Labute approximate surface area is 209 Å². The van der Waals surface area contributed by atoms with Gasteiger partial charge in [-0.25, -0.2) is 4.79 Å². The number of nitrogens with zero attached hydrogens (tertiary/aromatic N) is 2. The zero-order chi connectivity index (χ0) is 25.8. The Morgan fingerprint density at radius 3 is 2.18 bits per heavy atom. The molecule has 2 amide bonds. The molecule has 0 N–H and O–H groups in total. The first-order valence-electron chi connectivity index (χ1n) is 12.1. The predicted octanol–water partition coefficient (Wildman–Crippen LogP) is 5.20. The summed E-state index contributed by atoms with van der Waals surface area (Å²) in [5, 5.41) is 0. The number of thiophene rings is 1. The molecule has 0 radical (unpaired) electrons. The standard InChI is InChI=1S/C27H40N2O4S/c1-17(2)22(25(31)28(7)8)29(24(30)19-12-10-18(3)11-13-19)21-16-20(14-15-27(4,5)6)34-23(21)26(32)33-9/h16-19,22H,10-13H2,1-9H3/t18-,19-,22-/m0/s1. The smallest absolute Gasteiger partial charge is 0.350 e. The van der Waals surface area contributed by atoms with Gasteiger partial charge in [-0.05, 0) is 64.4 Å². The molecule has 188 valence electrons. The Morgan fingerprint density at radius 2 is 1.71 bits per heavy atom. The van der Waals surface area contributed by atoms with E-state index >= 15 is 0 Å². The molecule has 34 heavy (non-hydrogen) atoms. The Morgan fingerprint density at radius 1 is 1.12 bits per heavy atom. The minimum atomic E-state index is -0.733. The molecule has 2 rings (SSSR count). The third-order valence-corrected chi connectivity index (χ3v) is 7.13. The van der Waals surface area contributed by atoms with Crippen LogP contribution < -0.4 is 4.90 Å². The highest BCUT2D eigenvalue weighted by Crippen LogP contribution is 2.38. The second-order valence-corrected chi connectivity index (χ2v) is 12.0. The molecule has 1 heterocycles. The van der Waals surface area contributed by atoms with Crippen LogP contribution >= 0.6 is 11.3 Å². The number of ether oxygens (including phenoxy) is 1. The average Bonchev–Trinajstić information content (AvgIpc) is 3.18. The lowest BCUT2D eigenvalue weighted by Gasteiger charge is -2.38. The van der Waals surface area contributed by atoms with E-state index in [1.54, 1.807) is 25.1 Å². The summed E-state index contributed by atoms with van der Waals surface area (Å²) in [7, 11) is 4.71. The SMILES string of the molecule is COC(=O)c1sc(C#CC(C)(C)C)cc1N(C(=O)[C@H]1CC[C@H](C)CC1)[C@H](C(=O)N(C)C)C(C)C. The van der Waals surface area contributed by atoms with Crippen LogP contribution in [0.4, 0.5) is 5.69 Å². The van der Waals surface area contributed by atoms with Crippen LogP contribution in [0.5, 0.6) is 0 Å². The number of hydrogen-bond donors (Lipinski definition) is 0. The molecular weight excluding hydrogens is 448 g/mol. The lowest BCUT2D eigenvalue weighted by molar-refractivity contribution is -0.134. The maximum atomic E-state index is 14.0. The highest BCUT2D eigenvalue weighted by Gasteiger charge is 2.40. The molecule has 1 aromatic rings. The highest BCUT2D eigenvalue weighted by molar-refractivity contribution is 7.15. The molecular formula is C27H40N2O4S. The average molecular weight is 489 g/mol. The monoisotopic (exact) mass is 488 g/mol. The van der Waals surface area contributed by atoms with Crippen LogP contribution in [-0.2, 0) is 14.3 Å². The topological polar surface area (TPSA) is 66.9 Å². The minimum absolute atomic E-state index is 0.0981. The van der Waals surface area contributed by atoms with Crippen molar-refractivity contribution >= 4 is 34.8 Å². The van der Waals surface area contributed by atoms with E-state index in [1.165, 1.54) is 23.3 Å². The Balaban J connectivity index is 2.70. The van der Waals surface area contributed by atoms with Crippen LogP contribution in [-0.4, -0.2) is 49.9 Å². The molecule has 0 spiro atoms. The summed E-state index contributed by atoms with van der Waals surface area (Å²) in [6.07, 6.45) is 3.53. The van der Waals surface area contributed by atoms with E-state index in [0.29, 0.717) is 21.4 Å². The largest absolute Gasteiger partial charge is 0.465 e. The van der Waals surface area contributed by atoms with Gasteiger partial charge in [-0.15, -0.1) is 11.3 Å². The van der Waals surface area contributed by atoms with Crippen molar-refractivity contribution in [1.29, 1.82) is 0 Å². The number of anilines is 1. The van der Waals surface area contributed by atoms with Gasteiger partial charge in [0.05, 0.1) is 17.7 Å². The highest BCUT2D eigenvalue weighted by atomic mass is 32.1. The van der Waals surface area contributed by atoms with Crippen LogP contribution in [0.15, 0.2) is 6.07 Å². The fourth-order valence-corrected chi connectivity index (χ4v) is 5.10. The van der Waals surface area contributed by atoms with Gasteiger partial charge in [-0.2, -0.15) is 0 Å². The molecule has 1 aliphatic rings. The summed E-state index contributed by atoms with van der Waals surface area (Å²) in [5.41, 5.74) is 0.207. The Hall–Kier alpha value is -2.33.